The van der Waals surface area contributed by atoms with Crippen molar-refractivity contribution >= 4 is 50.9 Å². The molecule has 8 nitrogen and oxygen atoms in total. The topological polar surface area (TPSA) is 104 Å². The highest BCUT2D eigenvalue weighted by molar-refractivity contribution is 7.90. The smallest absolute Gasteiger partial charge is 0.269 e. The largest absolute Gasteiger partial charge is 0.352 e. The van der Waals surface area contributed by atoms with Crippen LogP contribution in [0.1, 0.15) is 61.4 Å². The molecule has 1 aliphatic heterocycles. The van der Waals surface area contributed by atoms with Crippen molar-refractivity contribution in [3.63, 3.8) is 0 Å². The molecule has 1 saturated carbocycles. The van der Waals surface area contributed by atoms with Crippen LogP contribution in [0.3, 0.4) is 0 Å². The van der Waals surface area contributed by atoms with Gasteiger partial charge in [-0.2, -0.15) is 0 Å². The highest BCUT2D eigenvalue weighted by atomic mass is 35.5. The SMILES string of the molecule is C[C@H](C(=O)NC1CCCCC1)N(Cc1c(Cl)cccc1Cl)C(=O)CCN1C(=O)c2ccccc2S1(=O)=O. The lowest BCUT2D eigenvalue weighted by Crippen LogP contribution is -2.51. The summed E-state index contributed by atoms with van der Waals surface area (Å²) >= 11 is 12.7. The lowest BCUT2D eigenvalue weighted by molar-refractivity contribution is -0.141. The van der Waals surface area contributed by atoms with Gasteiger partial charge in [0.1, 0.15) is 10.9 Å². The Morgan fingerprint density at radius 2 is 1.70 bits per heavy atom. The number of benzene rings is 2. The zero-order chi connectivity index (χ0) is 26.7. The fraction of sp³-hybridized carbons (Fsp3) is 0.423. The van der Waals surface area contributed by atoms with E-state index in [2.05, 4.69) is 5.32 Å². The number of hydrogen-bond acceptors (Lipinski definition) is 5. The van der Waals surface area contributed by atoms with E-state index < -0.39 is 27.9 Å². The fourth-order valence-electron chi connectivity index (χ4n) is 4.80. The molecule has 2 aliphatic rings. The minimum Gasteiger partial charge on any atom is -0.352 e. The van der Waals surface area contributed by atoms with Crippen molar-refractivity contribution in [3.8, 4) is 0 Å². The van der Waals surface area contributed by atoms with Gasteiger partial charge in [-0.05, 0) is 44.0 Å². The first-order valence-corrected chi connectivity index (χ1v) is 14.5. The van der Waals surface area contributed by atoms with Crippen LogP contribution >= 0.6 is 23.2 Å². The van der Waals surface area contributed by atoms with Gasteiger partial charge < -0.3 is 10.2 Å². The summed E-state index contributed by atoms with van der Waals surface area (Å²) in [6.07, 6.45) is 4.69. The number of carbonyl (C=O) groups excluding carboxylic acids is 3. The van der Waals surface area contributed by atoms with E-state index in [1.165, 1.54) is 17.0 Å². The number of sulfonamides is 1. The Labute approximate surface area is 227 Å². The summed E-state index contributed by atoms with van der Waals surface area (Å²) < 4.78 is 26.5. The number of fused-ring (bicyclic) bond motifs is 1. The van der Waals surface area contributed by atoms with E-state index in [4.69, 9.17) is 23.2 Å². The molecule has 1 aliphatic carbocycles. The molecule has 0 bridgehead atoms. The summed E-state index contributed by atoms with van der Waals surface area (Å²) in [7, 11) is -4.05. The summed E-state index contributed by atoms with van der Waals surface area (Å²) in [6, 6.07) is 10.1. The molecular formula is C26H29Cl2N3O5S. The van der Waals surface area contributed by atoms with Crippen molar-refractivity contribution in [3.05, 3.63) is 63.6 Å². The summed E-state index contributed by atoms with van der Waals surface area (Å²) in [5, 5.41) is 3.73. The van der Waals surface area contributed by atoms with E-state index in [9.17, 15) is 22.8 Å². The molecule has 2 aromatic carbocycles. The molecule has 0 unspecified atom stereocenters. The van der Waals surface area contributed by atoms with Crippen LogP contribution in [0.4, 0.5) is 0 Å². The van der Waals surface area contributed by atoms with E-state index in [0.717, 1.165) is 32.1 Å². The summed E-state index contributed by atoms with van der Waals surface area (Å²) in [6.45, 7) is 1.23. The van der Waals surface area contributed by atoms with Crippen LogP contribution in [0, 0.1) is 0 Å². The molecule has 0 aromatic heterocycles. The normalized spacial score (nSPS) is 17.8. The maximum atomic E-state index is 13.5. The van der Waals surface area contributed by atoms with Crippen LogP contribution < -0.4 is 5.32 Å². The Hall–Kier alpha value is -2.62. The fourth-order valence-corrected chi connectivity index (χ4v) is 6.88. The van der Waals surface area contributed by atoms with Crippen LogP contribution in [0.25, 0.3) is 0 Å². The van der Waals surface area contributed by atoms with Crippen LogP contribution in [-0.2, 0) is 26.2 Å². The number of hydrogen-bond donors (Lipinski definition) is 1. The number of carbonyl (C=O) groups is 3. The second-order valence-electron chi connectivity index (χ2n) is 9.37. The third-order valence-electron chi connectivity index (χ3n) is 6.95. The van der Waals surface area contributed by atoms with Crippen molar-refractivity contribution in [1.82, 2.24) is 14.5 Å². The van der Waals surface area contributed by atoms with E-state index >= 15 is 0 Å². The Morgan fingerprint density at radius 3 is 2.35 bits per heavy atom. The maximum absolute atomic E-state index is 13.5. The van der Waals surface area contributed by atoms with E-state index in [1.807, 2.05) is 0 Å². The second-order valence-corrected chi connectivity index (χ2v) is 12.0. The predicted molar refractivity (Wildman–Crippen MR) is 141 cm³/mol. The van der Waals surface area contributed by atoms with Gasteiger partial charge >= 0.3 is 0 Å². The third kappa shape index (κ3) is 5.78. The van der Waals surface area contributed by atoms with Crippen molar-refractivity contribution in [1.29, 1.82) is 0 Å². The minimum absolute atomic E-state index is 0.0441. The Balaban J connectivity index is 1.53. The molecule has 198 valence electrons. The van der Waals surface area contributed by atoms with E-state index in [1.54, 1.807) is 37.3 Å². The minimum atomic E-state index is -4.05. The standard InChI is InChI=1S/C26H29Cl2N3O5S/c1-17(25(33)29-18-8-3-2-4-9-18)30(16-20-21(27)11-7-12-22(20)28)24(32)14-15-31-26(34)19-10-5-6-13-23(19)37(31,35)36/h5-7,10-13,17-18H,2-4,8-9,14-16H2,1H3,(H,29,33)/t17-/m1/s1. The average molecular weight is 567 g/mol. The quantitative estimate of drug-likeness (QED) is 0.511. The van der Waals surface area contributed by atoms with Crippen LogP contribution in [-0.4, -0.2) is 54.0 Å². The van der Waals surface area contributed by atoms with Gasteiger partial charge in [-0.3, -0.25) is 14.4 Å². The summed E-state index contributed by atoms with van der Waals surface area (Å²) in [5.41, 5.74) is 0.559. The van der Waals surface area contributed by atoms with Gasteiger partial charge in [-0.15, -0.1) is 0 Å². The van der Waals surface area contributed by atoms with Gasteiger partial charge in [-0.25, -0.2) is 12.7 Å². The van der Waals surface area contributed by atoms with Gasteiger partial charge in [0.25, 0.3) is 15.9 Å². The number of rotatable bonds is 8. The third-order valence-corrected chi connectivity index (χ3v) is 9.50. The molecule has 0 radical (unpaired) electrons. The Bertz CT molecular complexity index is 1290. The van der Waals surface area contributed by atoms with Crippen molar-refractivity contribution in [2.45, 2.75) is 69.0 Å². The molecular weight excluding hydrogens is 537 g/mol. The van der Waals surface area contributed by atoms with Gasteiger partial charge in [0, 0.05) is 41.2 Å². The molecule has 2 aromatic rings. The van der Waals surface area contributed by atoms with Crippen molar-refractivity contribution < 1.29 is 22.8 Å². The molecule has 0 spiro atoms. The molecule has 1 fully saturated rings. The number of nitrogens with zero attached hydrogens (tertiary/aromatic N) is 2. The first-order chi connectivity index (χ1) is 17.6. The van der Waals surface area contributed by atoms with Crippen molar-refractivity contribution in [2.75, 3.05) is 6.54 Å². The molecule has 3 amide bonds. The van der Waals surface area contributed by atoms with Crippen LogP contribution in [0.15, 0.2) is 47.4 Å². The molecule has 1 N–H and O–H groups in total. The Morgan fingerprint density at radius 1 is 1.05 bits per heavy atom. The summed E-state index contributed by atoms with van der Waals surface area (Å²) in [4.78, 5) is 40.7. The maximum Gasteiger partial charge on any atom is 0.269 e. The lowest BCUT2D eigenvalue weighted by Gasteiger charge is -2.32. The monoisotopic (exact) mass is 565 g/mol. The van der Waals surface area contributed by atoms with Gasteiger partial charge in [-0.1, -0.05) is 60.7 Å². The summed E-state index contributed by atoms with van der Waals surface area (Å²) in [5.74, 6) is -1.48. The lowest BCUT2D eigenvalue weighted by atomic mass is 9.95. The van der Waals surface area contributed by atoms with Gasteiger partial charge in [0.15, 0.2) is 0 Å². The molecule has 1 atom stereocenters. The first-order valence-electron chi connectivity index (χ1n) is 12.3. The van der Waals surface area contributed by atoms with E-state index in [0.29, 0.717) is 19.9 Å². The van der Waals surface area contributed by atoms with Crippen LogP contribution in [0.5, 0.6) is 0 Å². The van der Waals surface area contributed by atoms with Crippen molar-refractivity contribution in [2.24, 2.45) is 0 Å². The van der Waals surface area contributed by atoms with Crippen LogP contribution in [0.2, 0.25) is 10.0 Å². The second kappa shape index (κ2) is 11.4. The molecule has 0 saturated heterocycles. The Kier molecular flexibility index (Phi) is 8.46. The number of amides is 3. The molecule has 37 heavy (non-hydrogen) atoms. The predicted octanol–water partition coefficient (Wildman–Crippen LogP) is 4.39. The zero-order valence-electron chi connectivity index (χ0n) is 20.5. The highest BCUT2D eigenvalue weighted by Gasteiger charge is 2.41. The average Bonchev–Trinajstić information content (AvgIpc) is 3.07. The number of nitrogens with one attached hydrogen (secondary N) is 1. The highest BCUT2D eigenvalue weighted by Crippen LogP contribution is 2.31. The molecule has 4 rings (SSSR count). The van der Waals surface area contributed by atoms with E-state index in [-0.39, 0.29) is 41.9 Å². The van der Waals surface area contributed by atoms with Gasteiger partial charge in [0.05, 0.1) is 5.56 Å². The molecule has 1 heterocycles. The first kappa shape index (κ1) is 27.4. The zero-order valence-corrected chi connectivity index (χ0v) is 22.8. The number of halogens is 2. The molecule has 11 heteroatoms. The van der Waals surface area contributed by atoms with Gasteiger partial charge in [0.2, 0.25) is 11.8 Å².